The number of carboxylic acid groups (broad SMARTS) is 1. The molecule has 8 heteroatoms. The monoisotopic (exact) mass is 479 g/mol. The van der Waals surface area contributed by atoms with E-state index in [1.54, 1.807) is 0 Å². The Balaban J connectivity index is 1.36. The first kappa shape index (κ1) is 24.7. The highest BCUT2D eigenvalue weighted by Gasteiger charge is 2.30. The van der Waals surface area contributed by atoms with E-state index in [1.165, 1.54) is 0 Å². The second kappa shape index (κ2) is 11.4. The van der Waals surface area contributed by atoms with Crippen LogP contribution in [-0.2, 0) is 14.3 Å². The third-order valence-electron chi connectivity index (χ3n) is 7.02. The van der Waals surface area contributed by atoms with Crippen LogP contribution in [0.1, 0.15) is 49.7 Å². The van der Waals surface area contributed by atoms with Gasteiger partial charge in [0.05, 0.1) is 0 Å². The SMILES string of the molecule is CCN1CCCC1CNC(=O)C(CCC(=O)O)NC(=O)OCC1c2ccccc2-c2ccccc21. The summed E-state index contributed by atoms with van der Waals surface area (Å²) < 4.78 is 5.55. The van der Waals surface area contributed by atoms with E-state index >= 15 is 0 Å². The van der Waals surface area contributed by atoms with Crippen LogP contribution in [0.5, 0.6) is 0 Å². The van der Waals surface area contributed by atoms with Gasteiger partial charge in [-0.3, -0.25) is 14.5 Å². The van der Waals surface area contributed by atoms with Crippen LogP contribution in [0.15, 0.2) is 48.5 Å². The fourth-order valence-corrected chi connectivity index (χ4v) is 5.20. The molecule has 1 saturated heterocycles. The zero-order valence-corrected chi connectivity index (χ0v) is 20.0. The van der Waals surface area contributed by atoms with Crippen LogP contribution in [0.25, 0.3) is 11.1 Å². The summed E-state index contributed by atoms with van der Waals surface area (Å²) in [5.74, 6) is -1.50. The van der Waals surface area contributed by atoms with Crippen LogP contribution in [0.3, 0.4) is 0 Å². The molecular weight excluding hydrogens is 446 g/mol. The second-order valence-electron chi connectivity index (χ2n) is 9.12. The van der Waals surface area contributed by atoms with Gasteiger partial charge in [-0.1, -0.05) is 55.5 Å². The molecule has 35 heavy (non-hydrogen) atoms. The Labute approximate surface area is 205 Å². The van der Waals surface area contributed by atoms with Gasteiger partial charge in [-0.2, -0.15) is 0 Å². The molecule has 0 radical (unpaired) electrons. The lowest BCUT2D eigenvalue weighted by atomic mass is 9.98. The minimum Gasteiger partial charge on any atom is -0.481 e. The molecule has 2 unspecified atom stereocenters. The first-order valence-electron chi connectivity index (χ1n) is 12.3. The molecule has 1 fully saturated rings. The van der Waals surface area contributed by atoms with Crippen LogP contribution >= 0.6 is 0 Å². The number of likely N-dealkylation sites (tertiary alicyclic amines) is 1. The van der Waals surface area contributed by atoms with E-state index in [0.717, 1.165) is 48.2 Å². The summed E-state index contributed by atoms with van der Waals surface area (Å²) in [7, 11) is 0. The van der Waals surface area contributed by atoms with Crippen LogP contribution < -0.4 is 10.6 Å². The number of nitrogens with zero attached hydrogens (tertiary/aromatic N) is 1. The number of fused-ring (bicyclic) bond motifs is 3. The average molecular weight is 480 g/mol. The summed E-state index contributed by atoms with van der Waals surface area (Å²) in [6.07, 6.45) is 1.14. The maximum Gasteiger partial charge on any atom is 0.407 e. The molecule has 0 aromatic heterocycles. The zero-order valence-electron chi connectivity index (χ0n) is 20.0. The van der Waals surface area contributed by atoms with Gasteiger partial charge in [0.2, 0.25) is 5.91 Å². The Morgan fingerprint density at radius 2 is 1.74 bits per heavy atom. The van der Waals surface area contributed by atoms with Crippen LogP contribution in [0.2, 0.25) is 0 Å². The van der Waals surface area contributed by atoms with Gasteiger partial charge < -0.3 is 20.5 Å². The van der Waals surface area contributed by atoms with Crippen molar-refractivity contribution in [2.45, 2.75) is 50.6 Å². The first-order valence-corrected chi connectivity index (χ1v) is 12.3. The normalized spacial score (nSPS) is 17.9. The third kappa shape index (κ3) is 5.82. The van der Waals surface area contributed by atoms with E-state index in [4.69, 9.17) is 9.84 Å². The molecular formula is C27H33N3O5. The first-order chi connectivity index (χ1) is 17.0. The van der Waals surface area contributed by atoms with Crippen molar-refractivity contribution in [3.63, 3.8) is 0 Å². The van der Waals surface area contributed by atoms with Gasteiger partial charge in [0.15, 0.2) is 0 Å². The average Bonchev–Trinajstić information content (AvgIpc) is 3.45. The molecule has 0 spiro atoms. The van der Waals surface area contributed by atoms with Crippen LogP contribution in [0, 0.1) is 0 Å². The van der Waals surface area contributed by atoms with Crippen LogP contribution in [0.4, 0.5) is 4.79 Å². The lowest BCUT2D eigenvalue weighted by molar-refractivity contribution is -0.137. The van der Waals surface area contributed by atoms with Crippen molar-refractivity contribution in [2.75, 3.05) is 26.2 Å². The maximum atomic E-state index is 12.8. The van der Waals surface area contributed by atoms with Crippen molar-refractivity contribution in [1.29, 1.82) is 0 Å². The van der Waals surface area contributed by atoms with Crippen LogP contribution in [-0.4, -0.2) is 66.3 Å². The molecule has 3 N–H and O–H groups in total. The number of benzene rings is 2. The standard InChI is InChI=1S/C27H33N3O5/c1-2-30-15-7-8-18(30)16-28-26(33)24(13-14-25(31)32)29-27(34)35-17-23-21-11-5-3-9-19(21)20-10-4-6-12-22(20)23/h3-6,9-12,18,23-24H,2,7-8,13-17H2,1H3,(H,28,33)(H,29,34)(H,31,32). The minimum absolute atomic E-state index is 0.00643. The predicted molar refractivity (Wildman–Crippen MR) is 132 cm³/mol. The smallest absolute Gasteiger partial charge is 0.407 e. The number of ether oxygens (including phenoxy) is 1. The molecule has 1 aliphatic heterocycles. The van der Waals surface area contributed by atoms with Crippen molar-refractivity contribution in [2.24, 2.45) is 0 Å². The Bertz CT molecular complexity index is 1030. The molecule has 2 aromatic carbocycles. The van der Waals surface area contributed by atoms with Gasteiger partial charge in [0, 0.05) is 24.9 Å². The van der Waals surface area contributed by atoms with Gasteiger partial charge in [-0.15, -0.1) is 0 Å². The molecule has 8 nitrogen and oxygen atoms in total. The largest absolute Gasteiger partial charge is 0.481 e. The number of likely N-dealkylation sites (N-methyl/N-ethyl adjacent to an activating group) is 1. The highest BCUT2D eigenvalue weighted by Crippen LogP contribution is 2.44. The Morgan fingerprint density at radius 3 is 2.37 bits per heavy atom. The second-order valence-corrected chi connectivity index (χ2v) is 9.12. The molecule has 1 aliphatic carbocycles. The van der Waals surface area contributed by atoms with Crippen molar-refractivity contribution < 1.29 is 24.2 Å². The van der Waals surface area contributed by atoms with Crippen molar-refractivity contribution in [3.05, 3.63) is 59.7 Å². The summed E-state index contributed by atoms with van der Waals surface area (Å²) in [6.45, 7) is 4.62. The van der Waals surface area contributed by atoms with E-state index in [-0.39, 0.29) is 37.3 Å². The van der Waals surface area contributed by atoms with E-state index in [0.29, 0.717) is 6.54 Å². The summed E-state index contributed by atoms with van der Waals surface area (Å²) in [5.41, 5.74) is 4.45. The molecule has 2 amide bonds. The quantitative estimate of drug-likeness (QED) is 0.482. The Kier molecular flexibility index (Phi) is 8.02. The molecule has 0 bridgehead atoms. The minimum atomic E-state index is -1.02. The van der Waals surface area contributed by atoms with Gasteiger partial charge in [0.25, 0.3) is 0 Å². The summed E-state index contributed by atoms with van der Waals surface area (Å²) in [4.78, 5) is 38.9. The van der Waals surface area contributed by atoms with Gasteiger partial charge >= 0.3 is 12.1 Å². The highest BCUT2D eigenvalue weighted by molar-refractivity contribution is 5.86. The summed E-state index contributed by atoms with van der Waals surface area (Å²) in [6, 6.07) is 15.4. The molecule has 4 rings (SSSR count). The van der Waals surface area contributed by atoms with Gasteiger partial charge in [0.1, 0.15) is 12.6 Å². The molecule has 1 heterocycles. The van der Waals surface area contributed by atoms with Crippen molar-refractivity contribution in [3.8, 4) is 11.1 Å². The zero-order chi connectivity index (χ0) is 24.8. The number of carboxylic acids is 1. The predicted octanol–water partition coefficient (Wildman–Crippen LogP) is 3.36. The number of carbonyl (C=O) groups is 3. The number of aliphatic carboxylic acids is 1. The van der Waals surface area contributed by atoms with E-state index in [1.807, 2.05) is 36.4 Å². The summed E-state index contributed by atoms with van der Waals surface area (Å²) in [5, 5.41) is 14.6. The van der Waals surface area contributed by atoms with E-state index in [2.05, 4.69) is 34.6 Å². The lowest BCUT2D eigenvalue weighted by Crippen LogP contribution is -2.50. The molecule has 2 aliphatic rings. The number of hydrogen-bond acceptors (Lipinski definition) is 5. The molecule has 2 aromatic rings. The topological polar surface area (TPSA) is 108 Å². The number of rotatable bonds is 10. The Hall–Kier alpha value is -3.39. The third-order valence-corrected chi connectivity index (χ3v) is 7.02. The number of amides is 2. The fourth-order valence-electron chi connectivity index (χ4n) is 5.20. The van der Waals surface area contributed by atoms with Crippen molar-refractivity contribution in [1.82, 2.24) is 15.5 Å². The fraction of sp³-hybridized carbons (Fsp3) is 0.444. The van der Waals surface area contributed by atoms with E-state index < -0.39 is 18.1 Å². The number of nitrogens with one attached hydrogen (secondary N) is 2. The maximum absolute atomic E-state index is 12.8. The van der Waals surface area contributed by atoms with Gasteiger partial charge in [-0.25, -0.2) is 4.79 Å². The van der Waals surface area contributed by atoms with Crippen molar-refractivity contribution >= 4 is 18.0 Å². The number of hydrogen-bond donors (Lipinski definition) is 3. The highest BCUT2D eigenvalue weighted by atomic mass is 16.5. The molecule has 186 valence electrons. The molecule has 2 atom stereocenters. The van der Waals surface area contributed by atoms with Gasteiger partial charge in [-0.05, 0) is 54.6 Å². The number of carbonyl (C=O) groups excluding carboxylic acids is 2. The van der Waals surface area contributed by atoms with E-state index in [9.17, 15) is 14.4 Å². The lowest BCUT2D eigenvalue weighted by Gasteiger charge is -2.24. The molecule has 0 saturated carbocycles. The number of alkyl carbamates (subject to hydrolysis) is 1. The Morgan fingerprint density at radius 1 is 1.09 bits per heavy atom. The summed E-state index contributed by atoms with van der Waals surface area (Å²) >= 11 is 0.